The molecule has 0 aliphatic heterocycles. The molecule has 0 aliphatic carbocycles. The Bertz CT molecular complexity index is 2180. The molecular weight excluding hydrogens is 852 g/mol. The van der Waals surface area contributed by atoms with Crippen LogP contribution < -0.4 is 24.6 Å². The van der Waals surface area contributed by atoms with Crippen molar-refractivity contribution >= 4 is 79.1 Å². The van der Waals surface area contributed by atoms with Crippen molar-refractivity contribution in [3.63, 3.8) is 0 Å². The standard InChI is InChI=1S/C12H11NOS.C11H9NO2S.C8H9NS.C8H7N.C4H5BrO2.Li.H2O/c1-8-3-5-10(6-4-8)12-13-11(7-15-12)9(2)14;1-7-2-4-8(5-3-7)10-12-9(6-15-10)11(13)14;1-6-2-4-7(5-3-6)8(9)10;1-7-2-4-8(6-9)5-3-7;1-3(6)4(7)2-5;;/h3-7H,1-2H3;2-6H,1H3,(H,13,14);2-5H,1H3,(H2,9,10);2-5H,1H3;2H2,1H3;;1H2/q;;;;;+1;/p-1. The molecule has 58 heavy (non-hydrogen) atoms. The van der Waals surface area contributed by atoms with Gasteiger partial charge < -0.3 is 16.3 Å². The summed E-state index contributed by atoms with van der Waals surface area (Å²) < 4.78 is 0. The summed E-state index contributed by atoms with van der Waals surface area (Å²) in [6.07, 6.45) is 0. The maximum absolute atomic E-state index is 11.1. The average Bonchev–Trinajstić information content (AvgIpc) is 3.89. The van der Waals surface area contributed by atoms with Gasteiger partial charge in [-0.05, 0) is 39.8 Å². The Morgan fingerprint density at radius 1 is 0.707 bits per heavy atom. The number of thiocarbonyl (C=S) groups is 1. The molecule has 6 aromatic rings. The second kappa shape index (κ2) is 27.6. The molecule has 0 aliphatic rings. The van der Waals surface area contributed by atoms with Crippen LogP contribution in [0.1, 0.15) is 68.2 Å². The number of nitrogens with two attached hydrogens (primary N) is 1. The van der Waals surface area contributed by atoms with Gasteiger partial charge in [0.2, 0.25) is 5.78 Å². The molecule has 15 heteroatoms. The fourth-order valence-corrected chi connectivity index (χ4v) is 6.10. The largest absolute Gasteiger partial charge is 1.00 e. The van der Waals surface area contributed by atoms with Crippen molar-refractivity contribution in [3.8, 4) is 27.2 Å². The number of hydrogen-bond donors (Lipinski definition) is 2. The number of carbonyl (C=O) groups excluding carboxylic acids is 3. The first kappa shape index (κ1) is 53.0. The summed E-state index contributed by atoms with van der Waals surface area (Å²) in [7, 11) is 0. The molecule has 0 saturated heterocycles. The Morgan fingerprint density at radius 3 is 1.34 bits per heavy atom. The zero-order chi connectivity index (χ0) is 41.8. The van der Waals surface area contributed by atoms with Crippen LogP contribution in [0, 0.1) is 39.0 Å². The molecule has 0 unspecified atom stereocenters. The number of carboxylic acid groups (broad SMARTS) is 1. The Balaban J connectivity index is 0.000000715. The van der Waals surface area contributed by atoms with Crippen LogP contribution in [0.2, 0.25) is 0 Å². The predicted molar refractivity (Wildman–Crippen MR) is 236 cm³/mol. The number of ketones is 3. The van der Waals surface area contributed by atoms with E-state index >= 15 is 0 Å². The van der Waals surface area contributed by atoms with Crippen LogP contribution in [-0.4, -0.2) is 54.2 Å². The molecule has 4 N–H and O–H groups in total. The number of hydrogen-bond acceptors (Lipinski definition) is 11. The van der Waals surface area contributed by atoms with E-state index in [1.165, 1.54) is 58.8 Å². The molecule has 0 spiro atoms. The molecule has 10 nitrogen and oxygen atoms in total. The van der Waals surface area contributed by atoms with E-state index in [2.05, 4.69) is 32.0 Å². The predicted octanol–water partition coefficient (Wildman–Crippen LogP) is 7.00. The van der Waals surface area contributed by atoms with Gasteiger partial charge in [0, 0.05) is 41.3 Å². The second-order valence-corrected chi connectivity index (χ2v) is 14.7. The van der Waals surface area contributed by atoms with E-state index in [-0.39, 0.29) is 46.9 Å². The van der Waals surface area contributed by atoms with E-state index in [4.69, 9.17) is 28.3 Å². The van der Waals surface area contributed by atoms with Gasteiger partial charge >= 0.3 is 24.8 Å². The first-order valence-electron chi connectivity index (χ1n) is 16.8. The molecule has 2 aromatic heterocycles. The van der Waals surface area contributed by atoms with Crippen molar-refractivity contribution in [2.24, 2.45) is 5.73 Å². The summed E-state index contributed by atoms with van der Waals surface area (Å²) in [5.41, 5.74) is 14.5. The summed E-state index contributed by atoms with van der Waals surface area (Å²) in [5, 5.41) is 22.3. The SMILES string of the molecule is CC(=O)C(=O)CBr.CC(=O)c1csc(-c2ccc(C)cc2)n1.Cc1ccc(-c2nc(C(=O)O)cs2)cc1.Cc1ccc(C#N)cc1.Cc1ccc(C(N)=S)cc1.[Li+].[OH-]. The number of aromatic nitrogens is 2. The van der Waals surface area contributed by atoms with Gasteiger partial charge in [0.05, 0.1) is 17.0 Å². The number of aromatic carboxylic acids is 1. The number of carbonyl (C=O) groups is 4. The quantitative estimate of drug-likeness (QED) is 0.0551. The number of halogens is 1. The van der Waals surface area contributed by atoms with E-state index in [1.54, 1.807) is 10.8 Å². The third-order valence-electron chi connectivity index (χ3n) is 7.22. The van der Waals surface area contributed by atoms with Gasteiger partial charge in [-0.3, -0.25) is 14.4 Å². The van der Waals surface area contributed by atoms with Gasteiger partial charge in [-0.25, -0.2) is 14.8 Å². The van der Waals surface area contributed by atoms with Gasteiger partial charge in [-0.1, -0.05) is 135 Å². The van der Waals surface area contributed by atoms with Crippen molar-refractivity contribution in [1.29, 1.82) is 5.26 Å². The molecule has 296 valence electrons. The van der Waals surface area contributed by atoms with Gasteiger partial charge in [-0.2, -0.15) is 5.26 Å². The van der Waals surface area contributed by atoms with Gasteiger partial charge in [0.15, 0.2) is 17.3 Å². The molecular formula is C43H42BrLiN4O6S3. The summed E-state index contributed by atoms with van der Waals surface area (Å²) in [4.78, 5) is 50.6. The van der Waals surface area contributed by atoms with Gasteiger partial charge in [0.1, 0.15) is 20.7 Å². The van der Waals surface area contributed by atoms with Gasteiger partial charge in [-0.15, -0.1) is 22.7 Å². The minimum atomic E-state index is -0.982. The summed E-state index contributed by atoms with van der Waals surface area (Å²) in [6, 6.07) is 33.4. The molecule has 0 bridgehead atoms. The number of nitriles is 1. The first-order chi connectivity index (χ1) is 26.5. The molecule has 4 aromatic carbocycles. The van der Waals surface area contributed by atoms with E-state index < -0.39 is 11.8 Å². The molecule has 0 fully saturated rings. The van der Waals surface area contributed by atoms with Crippen molar-refractivity contribution < 1.29 is 48.6 Å². The zero-order valence-electron chi connectivity index (χ0n) is 33.1. The number of aryl methyl sites for hydroxylation is 4. The van der Waals surface area contributed by atoms with Crippen molar-refractivity contribution in [3.05, 3.63) is 153 Å². The zero-order valence-corrected chi connectivity index (χ0v) is 37.2. The number of alkyl halides is 1. The Hall–Kier alpha value is -4.96. The van der Waals surface area contributed by atoms with Crippen LogP contribution >= 0.6 is 50.8 Å². The number of benzene rings is 4. The van der Waals surface area contributed by atoms with Crippen LogP contribution in [0.5, 0.6) is 0 Å². The Labute approximate surface area is 372 Å². The van der Waals surface area contributed by atoms with Crippen LogP contribution in [-0.2, 0) is 9.59 Å². The molecule has 2 heterocycles. The Kier molecular flexibility index (Phi) is 25.3. The minimum Gasteiger partial charge on any atom is -0.870 e. The first-order valence-corrected chi connectivity index (χ1v) is 20.1. The van der Waals surface area contributed by atoms with Gasteiger partial charge in [0.25, 0.3) is 0 Å². The fourth-order valence-electron chi connectivity index (χ4n) is 3.90. The number of Topliss-reactive ketones (excluding diaryl/α,β-unsaturated/α-hetero) is 3. The second-order valence-electron chi connectivity index (χ2n) is 12.0. The maximum Gasteiger partial charge on any atom is 1.00 e. The topological polar surface area (TPSA) is 194 Å². The smallest absolute Gasteiger partial charge is 0.870 e. The van der Waals surface area contributed by atoms with Crippen LogP contribution in [0.4, 0.5) is 0 Å². The molecule has 6 rings (SSSR count). The monoisotopic (exact) mass is 892 g/mol. The van der Waals surface area contributed by atoms with Crippen molar-refractivity contribution in [1.82, 2.24) is 9.97 Å². The van der Waals surface area contributed by atoms with E-state index in [0.717, 1.165) is 32.3 Å². The average molecular weight is 894 g/mol. The number of rotatable bonds is 7. The van der Waals surface area contributed by atoms with Crippen LogP contribution in [0.25, 0.3) is 21.1 Å². The molecule has 0 atom stereocenters. The number of thiazole rings is 2. The number of nitrogens with zero attached hydrogens (tertiary/aromatic N) is 3. The third-order valence-corrected chi connectivity index (χ3v) is 9.74. The van der Waals surface area contributed by atoms with E-state index in [1.807, 2.05) is 125 Å². The van der Waals surface area contributed by atoms with Crippen molar-refractivity contribution in [2.45, 2.75) is 41.5 Å². The molecule has 0 saturated carbocycles. The van der Waals surface area contributed by atoms with E-state index in [9.17, 15) is 19.2 Å². The molecule has 0 amide bonds. The van der Waals surface area contributed by atoms with E-state index in [0.29, 0.717) is 10.7 Å². The van der Waals surface area contributed by atoms with Crippen LogP contribution in [0.3, 0.4) is 0 Å². The van der Waals surface area contributed by atoms with Crippen molar-refractivity contribution in [2.75, 3.05) is 5.33 Å². The summed E-state index contributed by atoms with van der Waals surface area (Å²) in [5.74, 6) is -1.73. The summed E-state index contributed by atoms with van der Waals surface area (Å²) >= 11 is 10.5. The normalized spacial score (nSPS) is 9.21. The minimum absolute atomic E-state index is 0. The Morgan fingerprint density at radius 2 is 1.07 bits per heavy atom. The molecule has 0 radical (unpaired) electrons. The fraction of sp³-hybridized carbons (Fsp3) is 0.163. The number of carboxylic acids is 1. The maximum atomic E-state index is 11.1. The third kappa shape index (κ3) is 19.5. The summed E-state index contributed by atoms with van der Waals surface area (Å²) in [6.45, 7) is 10.9. The van der Waals surface area contributed by atoms with Crippen LogP contribution in [0.15, 0.2) is 108 Å².